The molecule has 0 aliphatic rings. The summed E-state index contributed by atoms with van der Waals surface area (Å²) < 4.78 is 0.179. The van der Waals surface area contributed by atoms with E-state index in [1.807, 2.05) is 13.8 Å². The summed E-state index contributed by atoms with van der Waals surface area (Å²) in [5, 5.41) is -0.337. The predicted molar refractivity (Wildman–Crippen MR) is 53.6 cm³/mol. The van der Waals surface area contributed by atoms with E-state index >= 15 is 0 Å². The molecule has 0 N–H and O–H groups in total. The van der Waals surface area contributed by atoms with E-state index in [1.165, 1.54) is 0 Å². The van der Waals surface area contributed by atoms with Gasteiger partial charge in [-0.15, -0.1) is 0 Å². The molecule has 12 heavy (non-hydrogen) atoms. The molecule has 0 aromatic rings. The highest BCUT2D eigenvalue weighted by atomic mass is 35.5. The highest BCUT2D eigenvalue weighted by Gasteiger charge is 2.18. The fraction of sp³-hybridized carbons (Fsp3) is 0.625. The van der Waals surface area contributed by atoms with Crippen molar-refractivity contribution in [2.75, 3.05) is 0 Å². The van der Waals surface area contributed by atoms with Gasteiger partial charge in [0.15, 0.2) is 0 Å². The minimum atomic E-state index is -0.337. The fourth-order valence-electron chi connectivity index (χ4n) is 0.843. The minimum absolute atomic E-state index is 0.179. The number of hydrogen-bond donors (Lipinski definition) is 0. The topological polar surface area (TPSA) is 17.1 Å². The lowest BCUT2D eigenvalue weighted by Gasteiger charge is -2.13. The summed E-state index contributed by atoms with van der Waals surface area (Å²) in [5.74, 6) is 0.0121. The molecular formula is C8H11Cl3O. The lowest BCUT2D eigenvalue weighted by molar-refractivity contribution is -0.116. The average molecular weight is 230 g/mol. The Labute approximate surface area is 87.7 Å². The summed E-state index contributed by atoms with van der Waals surface area (Å²) >= 11 is 16.2. The molecule has 0 aliphatic carbocycles. The Morgan fingerprint density at radius 3 is 2.08 bits per heavy atom. The molecule has 4 heteroatoms. The summed E-state index contributed by atoms with van der Waals surface area (Å²) in [6, 6.07) is 0. The Balaban J connectivity index is 4.15. The van der Waals surface area contributed by atoms with Crippen molar-refractivity contribution in [2.24, 2.45) is 11.8 Å². The second kappa shape index (κ2) is 5.85. The fourth-order valence-corrected chi connectivity index (χ4v) is 1.36. The van der Waals surface area contributed by atoms with Gasteiger partial charge in [-0.05, 0) is 23.9 Å². The number of allylic oxidation sites excluding steroid dienone is 1. The monoisotopic (exact) mass is 228 g/mol. The normalized spacial score (nSPS) is 12.8. The summed E-state index contributed by atoms with van der Waals surface area (Å²) in [5.41, 5.74) is 0. The Morgan fingerprint density at radius 1 is 1.33 bits per heavy atom. The van der Waals surface area contributed by atoms with E-state index in [-0.39, 0.29) is 21.6 Å². The average Bonchev–Trinajstić information content (AvgIpc) is 1.84. The lowest BCUT2D eigenvalue weighted by Crippen LogP contribution is -2.14. The molecule has 0 fully saturated rings. The molecule has 0 saturated carbocycles. The summed E-state index contributed by atoms with van der Waals surface area (Å²) in [6.45, 7) is 3.86. The van der Waals surface area contributed by atoms with E-state index in [1.54, 1.807) is 6.08 Å². The molecule has 0 amide bonds. The van der Waals surface area contributed by atoms with Crippen LogP contribution in [-0.4, -0.2) is 5.24 Å². The quantitative estimate of drug-likeness (QED) is 0.671. The summed E-state index contributed by atoms with van der Waals surface area (Å²) in [4.78, 5) is 10.8. The zero-order valence-electron chi connectivity index (χ0n) is 6.98. The maximum absolute atomic E-state index is 10.8. The van der Waals surface area contributed by atoms with Crippen molar-refractivity contribution in [3.63, 3.8) is 0 Å². The van der Waals surface area contributed by atoms with Crippen LogP contribution in [0.1, 0.15) is 20.3 Å². The van der Waals surface area contributed by atoms with Crippen LogP contribution in [0.3, 0.4) is 0 Å². The molecule has 0 aromatic heterocycles. The lowest BCUT2D eigenvalue weighted by atomic mass is 9.94. The minimum Gasteiger partial charge on any atom is -0.281 e. The van der Waals surface area contributed by atoms with E-state index in [0.717, 1.165) is 0 Å². The third-order valence-electron chi connectivity index (χ3n) is 1.62. The van der Waals surface area contributed by atoms with Crippen molar-refractivity contribution in [3.05, 3.63) is 10.6 Å². The Morgan fingerprint density at radius 2 is 1.83 bits per heavy atom. The number of rotatable bonds is 4. The van der Waals surface area contributed by atoms with Gasteiger partial charge in [0, 0.05) is 5.92 Å². The van der Waals surface area contributed by atoms with Gasteiger partial charge in [-0.1, -0.05) is 43.1 Å². The number of carbonyl (C=O) groups excluding carboxylic acids is 1. The first-order valence-corrected chi connectivity index (χ1v) is 4.79. The van der Waals surface area contributed by atoms with Gasteiger partial charge >= 0.3 is 0 Å². The van der Waals surface area contributed by atoms with Gasteiger partial charge in [-0.2, -0.15) is 0 Å². The zero-order chi connectivity index (χ0) is 9.72. The van der Waals surface area contributed by atoms with Gasteiger partial charge in [0.05, 0.1) is 0 Å². The Hall–Kier alpha value is 0.280. The van der Waals surface area contributed by atoms with Gasteiger partial charge in [-0.25, -0.2) is 0 Å². The van der Waals surface area contributed by atoms with Crippen LogP contribution in [0, 0.1) is 11.8 Å². The standard InChI is InChI=1S/C8H11Cl3O/c1-5(2)6(8(11)12)3-4-7(9)10/h4-6H,3H2,1-2H3. The molecule has 0 bridgehead atoms. The van der Waals surface area contributed by atoms with Crippen molar-refractivity contribution in [1.29, 1.82) is 0 Å². The molecule has 0 aliphatic heterocycles. The Kier molecular flexibility index (Phi) is 5.98. The van der Waals surface area contributed by atoms with Gasteiger partial charge in [0.2, 0.25) is 5.24 Å². The molecule has 1 atom stereocenters. The first-order chi connectivity index (χ1) is 5.45. The van der Waals surface area contributed by atoms with Crippen LogP contribution in [0.2, 0.25) is 0 Å². The SMILES string of the molecule is CC(C)C(CC=C(Cl)Cl)C(=O)Cl. The van der Waals surface area contributed by atoms with E-state index in [2.05, 4.69) is 0 Å². The van der Waals surface area contributed by atoms with E-state index in [9.17, 15) is 4.79 Å². The molecule has 0 spiro atoms. The van der Waals surface area contributed by atoms with E-state index < -0.39 is 0 Å². The first kappa shape index (κ1) is 12.3. The van der Waals surface area contributed by atoms with Crippen molar-refractivity contribution < 1.29 is 4.79 Å². The van der Waals surface area contributed by atoms with Crippen LogP contribution >= 0.6 is 34.8 Å². The van der Waals surface area contributed by atoms with E-state index in [0.29, 0.717) is 6.42 Å². The number of hydrogen-bond acceptors (Lipinski definition) is 1. The van der Waals surface area contributed by atoms with Gasteiger partial charge in [-0.3, -0.25) is 4.79 Å². The smallest absolute Gasteiger partial charge is 0.225 e. The zero-order valence-corrected chi connectivity index (χ0v) is 9.25. The van der Waals surface area contributed by atoms with Crippen LogP contribution < -0.4 is 0 Å². The van der Waals surface area contributed by atoms with Crippen molar-refractivity contribution in [2.45, 2.75) is 20.3 Å². The maximum atomic E-state index is 10.8. The molecule has 1 unspecified atom stereocenters. The second-order valence-corrected chi connectivity index (χ2v) is 4.26. The number of carbonyl (C=O) groups is 1. The van der Waals surface area contributed by atoms with Crippen LogP contribution in [0.4, 0.5) is 0 Å². The number of halogens is 3. The van der Waals surface area contributed by atoms with Crippen LogP contribution in [0.5, 0.6) is 0 Å². The van der Waals surface area contributed by atoms with Gasteiger partial charge in [0.25, 0.3) is 0 Å². The van der Waals surface area contributed by atoms with Crippen LogP contribution in [0.25, 0.3) is 0 Å². The third kappa shape index (κ3) is 5.02. The predicted octanol–water partition coefficient (Wildman–Crippen LogP) is 3.73. The molecule has 0 aromatic carbocycles. The summed E-state index contributed by atoms with van der Waals surface area (Å²) in [6.07, 6.45) is 2.09. The highest BCUT2D eigenvalue weighted by molar-refractivity contribution is 6.64. The molecule has 0 heterocycles. The molecular weight excluding hydrogens is 218 g/mol. The highest BCUT2D eigenvalue weighted by Crippen LogP contribution is 2.21. The van der Waals surface area contributed by atoms with Gasteiger partial charge < -0.3 is 0 Å². The largest absolute Gasteiger partial charge is 0.281 e. The second-order valence-electron chi connectivity index (χ2n) is 2.88. The van der Waals surface area contributed by atoms with Gasteiger partial charge in [0.1, 0.15) is 4.49 Å². The molecule has 1 nitrogen and oxygen atoms in total. The molecule has 0 rings (SSSR count). The molecule has 70 valence electrons. The Bertz CT molecular complexity index is 183. The third-order valence-corrected chi connectivity index (χ3v) is 2.21. The summed E-state index contributed by atoms with van der Waals surface area (Å²) in [7, 11) is 0. The van der Waals surface area contributed by atoms with Crippen LogP contribution in [0.15, 0.2) is 10.6 Å². The van der Waals surface area contributed by atoms with Crippen molar-refractivity contribution >= 4 is 40.0 Å². The maximum Gasteiger partial charge on any atom is 0.225 e. The van der Waals surface area contributed by atoms with E-state index in [4.69, 9.17) is 34.8 Å². The van der Waals surface area contributed by atoms with Crippen LogP contribution in [-0.2, 0) is 4.79 Å². The molecule has 0 radical (unpaired) electrons. The van der Waals surface area contributed by atoms with Crippen molar-refractivity contribution in [3.8, 4) is 0 Å². The molecule has 0 saturated heterocycles. The van der Waals surface area contributed by atoms with Crippen molar-refractivity contribution in [1.82, 2.24) is 0 Å². The first-order valence-electron chi connectivity index (χ1n) is 3.65.